The average Bonchev–Trinajstić information content (AvgIpc) is 2.77. The Balaban J connectivity index is 2.02. The van der Waals surface area contributed by atoms with Gasteiger partial charge in [0.25, 0.3) is 5.91 Å². The first kappa shape index (κ1) is 11.5. The van der Waals surface area contributed by atoms with Crippen molar-refractivity contribution in [2.45, 2.75) is 26.2 Å². The second kappa shape index (κ2) is 4.87. The molecule has 2 aliphatic heterocycles. The number of hydrogen-bond acceptors (Lipinski definition) is 3. The predicted octanol–water partition coefficient (Wildman–Crippen LogP) is 0.912. The zero-order valence-corrected chi connectivity index (χ0v) is 9.74. The predicted molar refractivity (Wildman–Crippen MR) is 59.7 cm³/mol. The second-order valence-electron chi connectivity index (χ2n) is 4.58. The normalized spacial score (nSPS) is 25.9. The van der Waals surface area contributed by atoms with Gasteiger partial charge in [0.15, 0.2) is 0 Å². The highest BCUT2D eigenvalue weighted by molar-refractivity contribution is 5.94. The molecule has 0 bridgehead atoms. The maximum absolute atomic E-state index is 12.2. The van der Waals surface area contributed by atoms with Crippen LogP contribution in [0.1, 0.15) is 26.2 Å². The lowest BCUT2D eigenvalue weighted by atomic mass is 10.1. The van der Waals surface area contributed by atoms with Crippen molar-refractivity contribution < 1.29 is 14.6 Å². The number of likely N-dealkylation sites (tertiary alicyclic amines) is 1. The highest BCUT2D eigenvalue weighted by Gasteiger charge is 2.29. The third-order valence-electron chi connectivity index (χ3n) is 3.40. The molecule has 0 radical (unpaired) electrons. The van der Waals surface area contributed by atoms with Crippen molar-refractivity contribution >= 4 is 5.91 Å². The summed E-state index contributed by atoms with van der Waals surface area (Å²) < 4.78 is 5.41. The van der Waals surface area contributed by atoms with Gasteiger partial charge in [0.05, 0.1) is 12.2 Å². The molecule has 1 amide bonds. The van der Waals surface area contributed by atoms with Gasteiger partial charge in [-0.25, -0.2) is 0 Å². The van der Waals surface area contributed by atoms with E-state index in [4.69, 9.17) is 9.84 Å². The molecule has 2 rings (SSSR count). The maximum atomic E-state index is 12.2. The largest absolute Gasteiger partial charge is 0.498 e. The third-order valence-corrected chi connectivity index (χ3v) is 3.40. The molecule has 1 unspecified atom stereocenters. The highest BCUT2D eigenvalue weighted by Crippen LogP contribution is 2.24. The number of hydrogen-bond donors (Lipinski definition) is 1. The van der Waals surface area contributed by atoms with E-state index in [1.807, 2.05) is 11.8 Å². The molecular formula is C12H19NO3. The molecule has 0 aromatic rings. The Hall–Kier alpha value is -1.03. The number of aliphatic hydroxyl groups is 1. The fraction of sp³-hybridized carbons (Fsp3) is 0.750. The number of carbonyl (C=O) groups is 1. The molecule has 0 saturated carbocycles. The van der Waals surface area contributed by atoms with Crippen LogP contribution in [0.2, 0.25) is 0 Å². The fourth-order valence-electron chi connectivity index (χ4n) is 2.35. The smallest absolute Gasteiger partial charge is 0.253 e. The van der Waals surface area contributed by atoms with E-state index in [-0.39, 0.29) is 18.4 Å². The first-order chi connectivity index (χ1) is 7.72. The van der Waals surface area contributed by atoms with E-state index < -0.39 is 0 Å². The second-order valence-corrected chi connectivity index (χ2v) is 4.58. The molecule has 0 aliphatic carbocycles. The SMILES string of the molecule is CC1=C(C(=O)N2CCC(CO)C2)CCCO1. The standard InChI is InChI=1S/C12H19NO3/c1-9-11(3-2-6-16-9)12(15)13-5-4-10(7-13)8-14/h10,14H,2-8H2,1H3. The van der Waals surface area contributed by atoms with Crippen LogP contribution in [-0.4, -0.2) is 42.2 Å². The molecule has 2 heterocycles. The number of carbonyl (C=O) groups excluding carboxylic acids is 1. The van der Waals surface area contributed by atoms with Crippen LogP contribution < -0.4 is 0 Å². The summed E-state index contributed by atoms with van der Waals surface area (Å²) in [4.78, 5) is 14.0. The molecule has 1 N–H and O–H groups in total. The lowest BCUT2D eigenvalue weighted by Crippen LogP contribution is -2.32. The minimum Gasteiger partial charge on any atom is -0.498 e. The summed E-state index contributed by atoms with van der Waals surface area (Å²) in [6.07, 6.45) is 2.66. The molecule has 0 aromatic carbocycles. The molecule has 1 saturated heterocycles. The van der Waals surface area contributed by atoms with E-state index in [0.29, 0.717) is 6.54 Å². The van der Waals surface area contributed by atoms with Crippen molar-refractivity contribution in [1.29, 1.82) is 0 Å². The van der Waals surface area contributed by atoms with Gasteiger partial charge in [-0.15, -0.1) is 0 Å². The monoisotopic (exact) mass is 225 g/mol. The molecule has 4 heteroatoms. The van der Waals surface area contributed by atoms with Crippen molar-refractivity contribution in [1.82, 2.24) is 4.90 Å². The van der Waals surface area contributed by atoms with Gasteiger partial charge >= 0.3 is 0 Å². The van der Waals surface area contributed by atoms with Gasteiger partial charge in [0.2, 0.25) is 0 Å². The molecule has 1 fully saturated rings. The topological polar surface area (TPSA) is 49.8 Å². The van der Waals surface area contributed by atoms with E-state index in [2.05, 4.69) is 0 Å². The summed E-state index contributed by atoms with van der Waals surface area (Å²) in [5.74, 6) is 1.14. The van der Waals surface area contributed by atoms with Crippen molar-refractivity contribution in [3.8, 4) is 0 Å². The summed E-state index contributed by atoms with van der Waals surface area (Å²) in [5.41, 5.74) is 0.824. The first-order valence-electron chi connectivity index (χ1n) is 5.95. The Morgan fingerprint density at radius 2 is 2.44 bits per heavy atom. The number of nitrogens with zero attached hydrogens (tertiary/aromatic N) is 1. The Morgan fingerprint density at radius 1 is 1.62 bits per heavy atom. The van der Waals surface area contributed by atoms with E-state index in [0.717, 1.165) is 43.7 Å². The van der Waals surface area contributed by atoms with Crippen molar-refractivity contribution in [2.24, 2.45) is 5.92 Å². The number of allylic oxidation sites excluding steroid dienone is 1. The average molecular weight is 225 g/mol. The van der Waals surface area contributed by atoms with Crippen LogP contribution in [0.15, 0.2) is 11.3 Å². The minimum absolute atomic E-state index is 0.105. The van der Waals surface area contributed by atoms with Crippen LogP contribution in [0.25, 0.3) is 0 Å². The Kier molecular flexibility index (Phi) is 3.49. The number of ether oxygens (including phenoxy) is 1. The molecule has 0 spiro atoms. The molecule has 90 valence electrons. The van der Waals surface area contributed by atoms with Crippen molar-refractivity contribution in [3.05, 3.63) is 11.3 Å². The Labute approximate surface area is 95.9 Å². The number of amides is 1. The quantitative estimate of drug-likeness (QED) is 0.760. The molecule has 16 heavy (non-hydrogen) atoms. The van der Waals surface area contributed by atoms with E-state index >= 15 is 0 Å². The molecule has 1 atom stereocenters. The lowest BCUT2D eigenvalue weighted by molar-refractivity contribution is -0.127. The van der Waals surface area contributed by atoms with Crippen LogP contribution in [0.4, 0.5) is 0 Å². The van der Waals surface area contributed by atoms with Crippen LogP contribution in [-0.2, 0) is 9.53 Å². The molecule has 4 nitrogen and oxygen atoms in total. The Bertz CT molecular complexity index is 311. The number of aliphatic hydroxyl groups excluding tert-OH is 1. The molecule has 0 aromatic heterocycles. The van der Waals surface area contributed by atoms with Crippen molar-refractivity contribution in [3.63, 3.8) is 0 Å². The van der Waals surface area contributed by atoms with Gasteiger partial charge in [-0.2, -0.15) is 0 Å². The third kappa shape index (κ3) is 2.21. The zero-order valence-electron chi connectivity index (χ0n) is 9.74. The lowest BCUT2D eigenvalue weighted by Gasteiger charge is -2.23. The van der Waals surface area contributed by atoms with Gasteiger partial charge < -0.3 is 14.7 Å². The Morgan fingerprint density at radius 3 is 3.06 bits per heavy atom. The highest BCUT2D eigenvalue weighted by atomic mass is 16.5. The van der Waals surface area contributed by atoms with Gasteiger partial charge in [-0.3, -0.25) is 4.79 Å². The first-order valence-corrected chi connectivity index (χ1v) is 5.95. The van der Waals surface area contributed by atoms with Gasteiger partial charge in [0, 0.05) is 25.6 Å². The minimum atomic E-state index is 0.105. The summed E-state index contributed by atoms with van der Waals surface area (Å²) in [6.45, 7) is 4.22. The molecular weight excluding hydrogens is 206 g/mol. The summed E-state index contributed by atoms with van der Waals surface area (Å²) in [6, 6.07) is 0. The maximum Gasteiger partial charge on any atom is 0.253 e. The van der Waals surface area contributed by atoms with E-state index in [9.17, 15) is 4.79 Å². The summed E-state index contributed by atoms with van der Waals surface area (Å²) >= 11 is 0. The fourth-order valence-corrected chi connectivity index (χ4v) is 2.35. The number of rotatable bonds is 2. The van der Waals surface area contributed by atoms with E-state index in [1.165, 1.54) is 0 Å². The van der Waals surface area contributed by atoms with Gasteiger partial charge in [0.1, 0.15) is 5.76 Å². The van der Waals surface area contributed by atoms with Crippen LogP contribution in [0.3, 0.4) is 0 Å². The van der Waals surface area contributed by atoms with Crippen molar-refractivity contribution in [2.75, 3.05) is 26.3 Å². The zero-order chi connectivity index (χ0) is 11.5. The molecule has 2 aliphatic rings. The van der Waals surface area contributed by atoms with Gasteiger partial charge in [-0.05, 0) is 26.2 Å². The summed E-state index contributed by atoms with van der Waals surface area (Å²) in [5, 5.41) is 9.05. The van der Waals surface area contributed by atoms with Gasteiger partial charge in [-0.1, -0.05) is 0 Å². The van der Waals surface area contributed by atoms with Crippen LogP contribution in [0, 0.1) is 5.92 Å². The van der Waals surface area contributed by atoms with Crippen LogP contribution in [0.5, 0.6) is 0 Å². The van der Waals surface area contributed by atoms with E-state index in [1.54, 1.807) is 0 Å². The van der Waals surface area contributed by atoms with Crippen LogP contribution >= 0.6 is 0 Å². The summed E-state index contributed by atoms with van der Waals surface area (Å²) in [7, 11) is 0.